The van der Waals surface area contributed by atoms with E-state index in [1.807, 2.05) is 23.1 Å². The third-order valence-corrected chi connectivity index (χ3v) is 5.23. The molecule has 1 aromatic heterocycles. The highest BCUT2D eigenvalue weighted by atomic mass is 32.1. The summed E-state index contributed by atoms with van der Waals surface area (Å²) >= 11 is 1.46. The summed E-state index contributed by atoms with van der Waals surface area (Å²) in [7, 11) is 1.64. The second-order valence-electron chi connectivity index (χ2n) is 5.71. The molecule has 1 saturated heterocycles. The fraction of sp³-hybridized carbons (Fsp3) is 0.438. The number of nitrogens with two attached hydrogens (primary N) is 1. The van der Waals surface area contributed by atoms with Crippen LogP contribution in [0, 0.1) is 5.92 Å². The quantitative estimate of drug-likeness (QED) is 0.925. The molecule has 2 N–H and O–H groups in total. The molecule has 1 aromatic carbocycles. The number of piperidine rings is 1. The van der Waals surface area contributed by atoms with Gasteiger partial charge in [-0.3, -0.25) is 4.79 Å². The monoisotopic (exact) mass is 304 g/mol. The van der Waals surface area contributed by atoms with Crippen LogP contribution in [0.2, 0.25) is 0 Å². The van der Waals surface area contributed by atoms with Crippen molar-refractivity contribution in [1.29, 1.82) is 0 Å². The van der Waals surface area contributed by atoms with Crippen LogP contribution in [0.3, 0.4) is 0 Å². The van der Waals surface area contributed by atoms with Crippen molar-refractivity contribution in [2.24, 2.45) is 5.92 Å². The minimum Gasteiger partial charge on any atom is -0.497 e. The van der Waals surface area contributed by atoms with Crippen molar-refractivity contribution in [1.82, 2.24) is 4.90 Å². The number of methoxy groups -OCH3 is 1. The molecule has 112 valence electrons. The SMILES string of the molecule is COc1ccc2c(N)c(C(=O)N3CCCC(C)C3)sc2c1. The van der Waals surface area contributed by atoms with E-state index >= 15 is 0 Å². The minimum absolute atomic E-state index is 0.0687. The topological polar surface area (TPSA) is 55.6 Å². The number of carbonyl (C=O) groups excluding carboxylic acids is 1. The molecule has 0 radical (unpaired) electrons. The summed E-state index contributed by atoms with van der Waals surface area (Å²) in [5.41, 5.74) is 6.79. The van der Waals surface area contributed by atoms with Gasteiger partial charge in [0.2, 0.25) is 0 Å². The number of fused-ring (bicyclic) bond motifs is 1. The van der Waals surface area contributed by atoms with Crippen LogP contribution in [-0.4, -0.2) is 31.0 Å². The van der Waals surface area contributed by atoms with Crippen molar-refractivity contribution in [3.05, 3.63) is 23.1 Å². The molecule has 3 rings (SSSR count). The molecule has 21 heavy (non-hydrogen) atoms. The van der Waals surface area contributed by atoms with Crippen LogP contribution < -0.4 is 10.5 Å². The van der Waals surface area contributed by atoms with Gasteiger partial charge in [-0.2, -0.15) is 0 Å². The summed E-state index contributed by atoms with van der Waals surface area (Å²) in [6.07, 6.45) is 2.27. The number of likely N-dealkylation sites (tertiary alicyclic amines) is 1. The second kappa shape index (κ2) is 5.56. The van der Waals surface area contributed by atoms with Crippen LogP contribution in [0.25, 0.3) is 10.1 Å². The number of hydrogen-bond donors (Lipinski definition) is 1. The maximum absolute atomic E-state index is 12.7. The van der Waals surface area contributed by atoms with Gasteiger partial charge < -0.3 is 15.4 Å². The van der Waals surface area contributed by atoms with Crippen LogP contribution in [0.4, 0.5) is 5.69 Å². The van der Waals surface area contributed by atoms with Gasteiger partial charge in [0.05, 0.1) is 12.8 Å². The van der Waals surface area contributed by atoms with Crippen molar-refractivity contribution >= 4 is 33.0 Å². The lowest BCUT2D eigenvalue weighted by atomic mass is 10.00. The number of thiophene rings is 1. The van der Waals surface area contributed by atoms with Gasteiger partial charge in [-0.05, 0) is 37.0 Å². The molecule has 1 fully saturated rings. The van der Waals surface area contributed by atoms with Gasteiger partial charge in [0.15, 0.2) is 0 Å². The summed E-state index contributed by atoms with van der Waals surface area (Å²) in [6, 6.07) is 5.74. The number of ether oxygens (including phenoxy) is 1. The molecule has 0 spiro atoms. The molecule has 2 aromatic rings. The van der Waals surface area contributed by atoms with E-state index in [1.165, 1.54) is 17.8 Å². The van der Waals surface area contributed by atoms with E-state index in [9.17, 15) is 4.79 Å². The Balaban J connectivity index is 1.96. The lowest BCUT2D eigenvalue weighted by Crippen LogP contribution is -2.38. The third-order valence-electron chi connectivity index (χ3n) is 4.07. The Morgan fingerprint density at radius 3 is 3.00 bits per heavy atom. The molecule has 0 saturated carbocycles. The van der Waals surface area contributed by atoms with Crippen LogP contribution in [0.15, 0.2) is 18.2 Å². The molecular weight excluding hydrogens is 284 g/mol. The van der Waals surface area contributed by atoms with E-state index in [2.05, 4.69) is 6.92 Å². The highest BCUT2D eigenvalue weighted by Gasteiger charge is 2.25. The smallest absolute Gasteiger partial charge is 0.266 e. The van der Waals surface area contributed by atoms with Gasteiger partial charge in [-0.1, -0.05) is 6.92 Å². The summed E-state index contributed by atoms with van der Waals surface area (Å²) in [4.78, 5) is 15.3. The van der Waals surface area contributed by atoms with E-state index in [0.717, 1.165) is 35.3 Å². The second-order valence-corrected chi connectivity index (χ2v) is 6.76. The highest BCUT2D eigenvalue weighted by molar-refractivity contribution is 7.21. The van der Waals surface area contributed by atoms with E-state index in [1.54, 1.807) is 7.11 Å². The number of rotatable bonds is 2. The normalized spacial score (nSPS) is 19.0. The summed E-state index contributed by atoms with van der Waals surface area (Å²) in [5.74, 6) is 1.42. The molecule has 1 amide bonds. The maximum atomic E-state index is 12.7. The van der Waals surface area contributed by atoms with Gasteiger partial charge in [-0.15, -0.1) is 11.3 Å². The summed E-state index contributed by atoms with van der Waals surface area (Å²) < 4.78 is 6.23. The van der Waals surface area contributed by atoms with Crippen molar-refractivity contribution in [3.8, 4) is 5.75 Å². The molecule has 5 heteroatoms. The first-order chi connectivity index (χ1) is 10.1. The first-order valence-corrected chi connectivity index (χ1v) is 8.07. The lowest BCUT2D eigenvalue weighted by molar-refractivity contribution is 0.0689. The molecule has 1 unspecified atom stereocenters. The summed E-state index contributed by atoms with van der Waals surface area (Å²) in [5, 5.41) is 0.939. The van der Waals surface area contributed by atoms with Crippen molar-refractivity contribution < 1.29 is 9.53 Å². The van der Waals surface area contributed by atoms with Gasteiger partial charge in [0, 0.05) is 23.2 Å². The number of benzene rings is 1. The van der Waals surface area contributed by atoms with Gasteiger partial charge in [0.25, 0.3) is 5.91 Å². The Labute approximate surface area is 128 Å². The first-order valence-electron chi connectivity index (χ1n) is 7.25. The molecular formula is C16H20N2O2S. The van der Waals surface area contributed by atoms with Crippen molar-refractivity contribution in [3.63, 3.8) is 0 Å². The van der Waals surface area contributed by atoms with Crippen LogP contribution in [0.1, 0.15) is 29.4 Å². The average molecular weight is 304 g/mol. The Morgan fingerprint density at radius 2 is 2.29 bits per heavy atom. The van der Waals surface area contributed by atoms with Gasteiger partial charge in [0.1, 0.15) is 10.6 Å². The molecule has 0 aliphatic carbocycles. The predicted molar refractivity (Wildman–Crippen MR) is 87.1 cm³/mol. The highest BCUT2D eigenvalue weighted by Crippen LogP contribution is 2.37. The number of anilines is 1. The van der Waals surface area contributed by atoms with Gasteiger partial charge >= 0.3 is 0 Å². The lowest BCUT2D eigenvalue weighted by Gasteiger charge is -2.30. The number of amides is 1. The fourth-order valence-corrected chi connectivity index (χ4v) is 4.02. The van der Waals surface area contributed by atoms with Crippen LogP contribution in [0.5, 0.6) is 5.75 Å². The minimum atomic E-state index is 0.0687. The zero-order chi connectivity index (χ0) is 15.0. The molecule has 1 atom stereocenters. The fourth-order valence-electron chi connectivity index (χ4n) is 2.90. The Bertz CT molecular complexity index is 680. The van der Waals surface area contributed by atoms with Gasteiger partial charge in [-0.25, -0.2) is 0 Å². The predicted octanol–water partition coefficient (Wildman–Crippen LogP) is 3.36. The molecule has 0 bridgehead atoms. The van der Waals surface area contributed by atoms with E-state index in [0.29, 0.717) is 16.5 Å². The number of hydrogen-bond acceptors (Lipinski definition) is 4. The molecule has 1 aliphatic rings. The Morgan fingerprint density at radius 1 is 1.48 bits per heavy atom. The van der Waals surface area contributed by atoms with E-state index in [4.69, 9.17) is 10.5 Å². The number of carbonyl (C=O) groups is 1. The van der Waals surface area contributed by atoms with Crippen LogP contribution >= 0.6 is 11.3 Å². The van der Waals surface area contributed by atoms with E-state index in [-0.39, 0.29) is 5.91 Å². The van der Waals surface area contributed by atoms with Crippen LogP contribution in [-0.2, 0) is 0 Å². The standard InChI is InChI=1S/C16H20N2O2S/c1-10-4-3-7-18(9-10)16(19)15-14(17)12-6-5-11(20-2)8-13(12)21-15/h5-6,8,10H,3-4,7,9,17H2,1-2H3. The zero-order valence-corrected chi connectivity index (χ0v) is 13.2. The first kappa shape index (κ1) is 14.2. The largest absolute Gasteiger partial charge is 0.497 e. The third kappa shape index (κ3) is 2.58. The average Bonchev–Trinajstić information content (AvgIpc) is 2.83. The number of nitrogens with zero attached hydrogens (tertiary/aromatic N) is 1. The number of nitrogen functional groups attached to an aromatic ring is 1. The summed E-state index contributed by atoms with van der Waals surface area (Å²) in [6.45, 7) is 3.86. The maximum Gasteiger partial charge on any atom is 0.266 e. The molecule has 2 heterocycles. The Kier molecular flexibility index (Phi) is 3.76. The van der Waals surface area contributed by atoms with Crippen molar-refractivity contribution in [2.75, 3.05) is 25.9 Å². The zero-order valence-electron chi connectivity index (χ0n) is 12.4. The Hall–Kier alpha value is -1.75. The molecule has 4 nitrogen and oxygen atoms in total. The van der Waals surface area contributed by atoms with Crippen molar-refractivity contribution in [2.45, 2.75) is 19.8 Å². The molecule has 1 aliphatic heterocycles. The van der Waals surface area contributed by atoms with E-state index < -0.39 is 0 Å².